The number of esters is 1. The Bertz CT molecular complexity index is 397. The lowest BCUT2D eigenvalue weighted by molar-refractivity contribution is -0.137. The Balaban J connectivity index is 2.14. The number of cyclic esters (lactones) is 1. The first-order chi connectivity index (χ1) is 7.16. The molecule has 1 aromatic carbocycles. The van der Waals surface area contributed by atoms with Gasteiger partial charge >= 0.3 is 5.97 Å². The molecule has 0 radical (unpaired) electrons. The maximum atomic E-state index is 11.8. The molecule has 3 nitrogen and oxygen atoms in total. The average Bonchev–Trinajstić information content (AvgIpc) is 2.65. The zero-order chi connectivity index (χ0) is 10.8. The van der Waals surface area contributed by atoms with Crippen LogP contribution in [0, 0.1) is 5.92 Å². The molecule has 1 saturated heterocycles. The number of carbonyl (C=O) groups is 2. The molecule has 0 spiro atoms. The van der Waals surface area contributed by atoms with E-state index in [0.717, 1.165) is 0 Å². The van der Waals surface area contributed by atoms with Crippen molar-refractivity contribution in [3.8, 4) is 0 Å². The van der Waals surface area contributed by atoms with Gasteiger partial charge in [0.15, 0.2) is 5.78 Å². The van der Waals surface area contributed by atoms with Gasteiger partial charge in [0.05, 0.1) is 12.3 Å². The second-order valence-corrected chi connectivity index (χ2v) is 3.89. The van der Waals surface area contributed by atoms with Gasteiger partial charge in [-0.2, -0.15) is 0 Å². The minimum Gasteiger partial charge on any atom is -0.465 e. The van der Waals surface area contributed by atoms with Crippen molar-refractivity contribution >= 4 is 23.4 Å². The Morgan fingerprint density at radius 3 is 2.53 bits per heavy atom. The van der Waals surface area contributed by atoms with Crippen LogP contribution in [0.15, 0.2) is 24.3 Å². The normalized spacial score (nSPS) is 20.1. The van der Waals surface area contributed by atoms with Crippen molar-refractivity contribution in [1.82, 2.24) is 0 Å². The second kappa shape index (κ2) is 4.03. The number of Topliss-reactive ketones (excluding diaryl/α,β-unsaturated/α-hetero) is 1. The van der Waals surface area contributed by atoms with E-state index in [4.69, 9.17) is 16.3 Å². The summed E-state index contributed by atoms with van der Waals surface area (Å²) in [6.07, 6.45) is 0.182. The van der Waals surface area contributed by atoms with Crippen LogP contribution in [-0.4, -0.2) is 18.4 Å². The van der Waals surface area contributed by atoms with Gasteiger partial charge in [-0.15, -0.1) is 0 Å². The molecule has 2 rings (SSSR count). The van der Waals surface area contributed by atoms with Gasteiger partial charge in [-0.25, -0.2) is 0 Å². The van der Waals surface area contributed by atoms with Crippen molar-refractivity contribution in [1.29, 1.82) is 0 Å². The molecule has 0 aliphatic carbocycles. The minimum absolute atomic E-state index is 0.0579. The Morgan fingerprint density at radius 2 is 2.00 bits per heavy atom. The molecule has 78 valence electrons. The third kappa shape index (κ3) is 2.18. The highest BCUT2D eigenvalue weighted by atomic mass is 35.5. The van der Waals surface area contributed by atoms with Crippen LogP contribution in [0.3, 0.4) is 0 Å². The Hall–Kier alpha value is -1.35. The van der Waals surface area contributed by atoms with Gasteiger partial charge in [0.2, 0.25) is 0 Å². The molecule has 15 heavy (non-hydrogen) atoms. The number of benzene rings is 1. The Morgan fingerprint density at radius 1 is 1.33 bits per heavy atom. The van der Waals surface area contributed by atoms with E-state index >= 15 is 0 Å². The molecule has 0 aromatic heterocycles. The van der Waals surface area contributed by atoms with Gasteiger partial charge in [-0.05, 0) is 24.3 Å². The summed E-state index contributed by atoms with van der Waals surface area (Å²) in [4.78, 5) is 22.7. The number of hydrogen-bond donors (Lipinski definition) is 0. The molecule has 1 heterocycles. The first-order valence-electron chi connectivity index (χ1n) is 4.62. The quantitative estimate of drug-likeness (QED) is 0.571. The third-order valence-electron chi connectivity index (χ3n) is 2.36. The van der Waals surface area contributed by atoms with Gasteiger partial charge in [-0.3, -0.25) is 9.59 Å². The van der Waals surface area contributed by atoms with Crippen molar-refractivity contribution in [3.05, 3.63) is 34.9 Å². The maximum Gasteiger partial charge on any atom is 0.306 e. The summed E-state index contributed by atoms with van der Waals surface area (Å²) in [5, 5.41) is 0.588. The summed E-state index contributed by atoms with van der Waals surface area (Å²) in [6, 6.07) is 6.64. The molecule has 1 aliphatic heterocycles. The van der Waals surface area contributed by atoms with Gasteiger partial charge in [0, 0.05) is 10.6 Å². The molecule has 0 unspecified atom stereocenters. The molecular formula is C11H9ClO3. The zero-order valence-corrected chi connectivity index (χ0v) is 8.66. The number of ether oxygens (including phenoxy) is 1. The van der Waals surface area contributed by atoms with E-state index in [-0.39, 0.29) is 30.7 Å². The molecule has 4 heteroatoms. The average molecular weight is 225 g/mol. The van der Waals surface area contributed by atoms with E-state index in [2.05, 4.69) is 0 Å². The SMILES string of the molecule is O=C1C[C@H](C(=O)c2ccc(Cl)cc2)CO1. The fraction of sp³-hybridized carbons (Fsp3) is 0.273. The lowest BCUT2D eigenvalue weighted by Crippen LogP contribution is -2.14. The fourth-order valence-corrected chi connectivity index (χ4v) is 1.66. The van der Waals surface area contributed by atoms with Crippen molar-refractivity contribution in [2.24, 2.45) is 5.92 Å². The Kier molecular flexibility index (Phi) is 2.73. The van der Waals surface area contributed by atoms with Crippen LogP contribution in [0.5, 0.6) is 0 Å². The number of carbonyl (C=O) groups excluding carboxylic acids is 2. The molecule has 1 fully saturated rings. The Labute approximate surface area is 92.0 Å². The molecule has 1 aromatic rings. The highest BCUT2D eigenvalue weighted by Crippen LogP contribution is 2.20. The van der Waals surface area contributed by atoms with Gasteiger partial charge in [0.25, 0.3) is 0 Å². The first kappa shape index (κ1) is 10.2. The summed E-state index contributed by atoms with van der Waals surface area (Å²) in [5.41, 5.74) is 0.572. The third-order valence-corrected chi connectivity index (χ3v) is 2.61. The lowest BCUT2D eigenvalue weighted by atomic mass is 9.97. The predicted molar refractivity (Wildman–Crippen MR) is 54.8 cm³/mol. The van der Waals surface area contributed by atoms with Crippen molar-refractivity contribution in [2.45, 2.75) is 6.42 Å². The maximum absolute atomic E-state index is 11.8. The molecule has 0 bridgehead atoms. The highest BCUT2D eigenvalue weighted by Gasteiger charge is 2.30. The van der Waals surface area contributed by atoms with Crippen molar-refractivity contribution in [2.75, 3.05) is 6.61 Å². The fourth-order valence-electron chi connectivity index (χ4n) is 1.53. The predicted octanol–water partition coefficient (Wildman–Crippen LogP) is 2.09. The molecule has 1 aliphatic rings. The van der Waals surface area contributed by atoms with Crippen LogP contribution < -0.4 is 0 Å². The number of halogens is 1. The summed E-state index contributed by atoms with van der Waals surface area (Å²) in [6.45, 7) is 0.195. The van der Waals surface area contributed by atoms with Crippen molar-refractivity contribution in [3.63, 3.8) is 0 Å². The monoisotopic (exact) mass is 224 g/mol. The van der Waals surface area contributed by atoms with Crippen LogP contribution in [0.25, 0.3) is 0 Å². The zero-order valence-electron chi connectivity index (χ0n) is 7.90. The number of ketones is 1. The highest BCUT2D eigenvalue weighted by molar-refractivity contribution is 6.30. The van der Waals surface area contributed by atoms with E-state index in [1.807, 2.05) is 0 Å². The van der Waals surface area contributed by atoms with E-state index in [1.54, 1.807) is 24.3 Å². The summed E-state index contributed by atoms with van der Waals surface area (Å²) < 4.78 is 4.75. The van der Waals surface area contributed by atoms with Crippen LogP contribution >= 0.6 is 11.6 Å². The van der Waals surface area contributed by atoms with E-state index in [1.165, 1.54) is 0 Å². The number of hydrogen-bond acceptors (Lipinski definition) is 3. The molecule has 0 N–H and O–H groups in total. The molecule has 0 amide bonds. The van der Waals surface area contributed by atoms with Gasteiger partial charge in [0.1, 0.15) is 6.61 Å². The summed E-state index contributed by atoms with van der Waals surface area (Å²) >= 11 is 5.71. The van der Waals surface area contributed by atoms with Crippen LogP contribution in [0.4, 0.5) is 0 Å². The van der Waals surface area contributed by atoms with Crippen LogP contribution in [0.1, 0.15) is 16.8 Å². The lowest BCUT2D eigenvalue weighted by Gasteiger charge is -2.04. The van der Waals surface area contributed by atoms with Crippen LogP contribution in [0.2, 0.25) is 5.02 Å². The van der Waals surface area contributed by atoms with E-state index in [9.17, 15) is 9.59 Å². The second-order valence-electron chi connectivity index (χ2n) is 3.46. The summed E-state index contributed by atoms with van der Waals surface area (Å²) in [5.74, 6) is -0.696. The standard InChI is InChI=1S/C11H9ClO3/c12-9-3-1-7(2-4-9)11(14)8-5-10(13)15-6-8/h1-4,8H,5-6H2/t8-/m0/s1. The summed E-state index contributed by atoms with van der Waals surface area (Å²) in [7, 11) is 0. The van der Waals surface area contributed by atoms with Crippen molar-refractivity contribution < 1.29 is 14.3 Å². The van der Waals surface area contributed by atoms with Gasteiger partial charge in [-0.1, -0.05) is 11.6 Å². The van der Waals surface area contributed by atoms with Gasteiger partial charge < -0.3 is 4.74 Å². The minimum atomic E-state index is -0.335. The largest absolute Gasteiger partial charge is 0.465 e. The smallest absolute Gasteiger partial charge is 0.306 e. The van der Waals surface area contributed by atoms with E-state index in [0.29, 0.717) is 10.6 Å². The molecular weight excluding hydrogens is 216 g/mol. The topological polar surface area (TPSA) is 43.4 Å². The molecule has 0 saturated carbocycles. The number of rotatable bonds is 2. The molecule has 1 atom stereocenters. The first-order valence-corrected chi connectivity index (χ1v) is 5.00. The van der Waals surface area contributed by atoms with Crippen LogP contribution in [-0.2, 0) is 9.53 Å². The van der Waals surface area contributed by atoms with E-state index < -0.39 is 0 Å².